The third kappa shape index (κ3) is 1.84. The fourth-order valence-corrected chi connectivity index (χ4v) is 1.12. The Bertz CT molecular complexity index is 264. The van der Waals surface area contributed by atoms with E-state index in [2.05, 4.69) is 5.16 Å². The molecule has 0 bridgehead atoms. The number of oxime groups is 1. The minimum Gasteiger partial charge on any atom is -0.411 e. The van der Waals surface area contributed by atoms with Gasteiger partial charge in [-0.3, -0.25) is 0 Å². The second-order valence-electron chi connectivity index (χ2n) is 3.01. The predicted molar refractivity (Wildman–Crippen MR) is 49.6 cm³/mol. The first-order chi connectivity index (χ1) is 5.75. The van der Waals surface area contributed by atoms with Gasteiger partial charge in [-0.05, 0) is 11.5 Å². The van der Waals surface area contributed by atoms with Gasteiger partial charge in [-0.25, -0.2) is 0 Å². The van der Waals surface area contributed by atoms with Gasteiger partial charge in [0.15, 0.2) is 0 Å². The van der Waals surface area contributed by atoms with Crippen LogP contribution in [-0.2, 0) is 0 Å². The van der Waals surface area contributed by atoms with E-state index in [9.17, 15) is 0 Å². The van der Waals surface area contributed by atoms with Crippen molar-refractivity contribution >= 4 is 5.71 Å². The van der Waals surface area contributed by atoms with E-state index in [0.29, 0.717) is 0 Å². The van der Waals surface area contributed by atoms with E-state index in [-0.39, 0.29) is 5.92 Å². The maximum absolute atomic E-state index is 8.74. The van der Waals surface area contributed by atoms with Crippen molar-refractivity contribution in [1.82, 2.24) is 0 Å². The third-order valence-corrected chi connectivity index (χ3v) is 1.72. The number of hydrogen-bond donors (Lipinski definition) is 1. The van der Waals surface area contributed by atoms with Gasteiger partial charge in [0, 0.05) is 0 Å². The van der Waals surface area contributed by atoms with E-state index in [1.54, 1.807) is 0 Å². The lowest BCUT2D eigenvalue weighted by molar-refractivity contribution is 0.316. The SMILES string of the molecule is CC(C)C(=NO)c1ccccc1. The van der Waals surface area contributed by atoms with Gasteiger partial charge >= 0.3 is 0 Å². The van der Waals surface area contributed by atoms with Gasteiger partial charge in [0.05, 0.1) is 5.71 Å². The van der Waals surface area contributed by atoms with E-state index < -0.39 is 0 Å². The summed E-state index contributed by atoms with van der Waals surface area (Å²) < 4.78 is 0. The molecule has 2 heteroatoms. The Morgan fingerprint density at radius 3 is 2.25 bits per heavy atom. The summed E-state index contributed by atoms with van der Waals surface area (Å²) in [6, 6.07) is 9.69. The van der Waals surface area contributed by atoms with E-state index in [1.807, 2.05) is 44.2 Å². The van der Waals surface area contributed by atoms with E-state index in [0.717, 1.165) is 11.3 Å². The molecule has 0 aromatic heterocycles. The molecule has 12 heavy (non-hydrogen) atoms. The van der Waals surface area contributed by atoms with Gasteiger partial charge in [-0.2, -0.15) is 0 Å². The molecule has 64 valence electrons. The zero-order chi connectivity index (χ0) is 8.97. The lowest BCUT2D eigenvalue weighted by atomic mass is 10.0. The van der Waals surface area contributed by atoms with Crippen LogP contribution in [0.3, 0.4) is 0 Å². The minimum absolute atomic E-state index is 0.248. The van der Waals surface area contributed by atoms with Crippen LogP contribution in [0.4, 0.5) is 0 Å². The second kappa shape index (κ2) is 3.90. The first-order valence-corrected chi connectivity index (χ1v) is 4.03. The third-order valence-electron chi connectivity index (χ3n) is 1.72. The lowest BCUT2D eigenvalue weighted by Gasteiger charge is -2.06. The highest BCUT2D eigenvalue weighted by Crippen LogP contribution is 2.08. The molecule has 0 radical (unpaired) electrons. The molecule has 0 saturated heterocycles. The van der Waals surface area contributed by atoms with E-state index in [4.69, 9.17) is 5.21 Å². The molecule has 0 atom stereocenters. The quantitative estimate of drug-likeness (QED) is 0.405. The topological polar surface area (TPSA) is 32.6 Å². The van der Waals surface area contributed by atoms with Crippen molar-refractivity contribution in [1.29, 1.82) is 0 Å². The molecule has 0 aliphatic rings. The molecule has 1 N–H and O–H groups in total. The Hall–Kier alpha value is -1.31. The van der Waals surface area contributed by atoms with Crippen molar-refractivity contribution in [2.24, 2.45) is 11.1 Å². The highest BCUT2D eigenvalue weighted by molar-refractivity contribution is 6.01. The van der Waals surface area contributed by atoms with Gasteiger partial charge < -0.3 is 5.21 Å². The molecule has 0 aliphatic heterocycles. The smallest absolute Gasteiger partial charge is 0.0893 e. The fraction of sp³-hybridized carbons (Fsp3) is 0.300. The number of nitrogens with zero attached hydrogens (tertiary/aromatic N) is 1. The van der Waals surface area contributed by atoms with E-state index >= 15 is 0 Å². The molecule has 0 aliphatic carbocycles. The average Bonchev–Trinajstić information content (AvgIpc) is 2.07. The molecule has 0 fully saturated rings. The standard InChI is InChI=1S/C10H13NO/c1-8(2)10(11-12)9-6-4-3-5-7-9/h3-8,12H,1-2H3. The van der Waals surface area contributed by atoms with Crippen molar-refractivity contribution in [2.45, 2.75) is 13.8 Å². The van der Waals surface area contributed by atoms with Crippen LogP contribution in [0, 0.1) is 5.92 Å². The van der Waals surface area contributed by atoms with Crippen LogP contribution in [0.15, 0.2) is 35.5 Å². The molecular formula is C10H13NO. The predicted octanol–water partition coefficient (Wildman–Crippen LogP) is 2.52. The fourth-order valence-electron chi connectivity index (χ4n) is 1.12. The second-order valence-corrected chi connectivity index (χ2v) is 3.01. The molecule has 1 aromatic rings. The van der Waals surface area contributed by atoms with Crippen molar-refractivity contribution in [3.8, 4) is 0 Å². The zero-order valence-corrected chi connectivity index (χ0v) is 7.36. The molecule has 1 aromatic carbocycles. The van der Waals surface area contributed by atoms with Crippen molar-refractivity contribution in [3.63, 3.8) is 0 Å². The van der Waals surface area contributed by atoms with Gasteiger partial charge in [0.25, 0.3) is 0 Å². The van der Waals surface area contributed by atoms with Crippen LogP contribution in [0.25, 0.3) is 0 Å². The molecule has 0 heterocycles. The Labute approximate surface area is 72.5 Å². The average molecular weight is 163 g/mol. The maximum Gasteiger partial charge on any atom is 0.0893 e. The summed E-state index contributed by atoms with van der Waals surface area (Å²) in [6.45, 7) is 4.00. The van der Waals surface area contributed by atoms with Gasteiger partial charge in [0.1, 0.15) is 0 Å². The van der Waals surface area contributed by atoms with Gasteiger partial charge in [0.2, 0.25) is 0 Å². The summed E-state index contributed by atoms with van der Waals surface area (Å²) in [7, 11) is 0. The molecule has 0 amide bonds. The van der Waals surface area contributed by atoms with Crippen molar-refractivity contribution in [2.75, 3.05) is 0 Å². The van der Waals surface area contributed by atoms with Gasteiger partial charge in [-0.1, -0.05) is 49.3 Å². The Morgan fingerprint density at radius 2 is 1.83 bits per heavy atom. The minimum atomic E-state index is 0.248. The van der Waals surface area contributed by atoms with Crippen LogP contribution in [0.2, 0.25) is 0 Å². The lowest BCUT2D eigenvalue weighted by Crippen LogP contribution is -2.08. The summed E-state index contributed by atoms with van der Waals surface area (Å²) in [6.07, 6.45) is 0. The molecule has 0 spiro atoms. The Kier molecular flexibility index (Phi) is 2.86. The first kappa shape index (κ1) is 8.78. The number of hydrogen-bond acceptors (Lipinski definition) is 2. The van der Waals surface area contributed by atoms with Crippen LogP contribution < -0.4 is 0 Å². The molecule has 0 unspecified atom stereocenters. The van der Waals surface area contributed by atoms with E-state index in [1.165, 1.54) is 0 Å². The van der Waals surface area contributed by atoms with Crippen LogP contribution in [-0.4, -0.2) is 10.9 Å². The molecule has 2 nitrogen and oxygen atoms in total. The molecule has 1 rings (SSSR count). The summed E-state index contributed by atoms with van der Waals surface area (Å²) in [5.41, 5.74) is 1.71. The first-order valence-electron chi connectivity index (χ1n) is 4.03. The molecular weight excluding hydrogens is 150 g/mol. The number of benzene rings is 1. The summed E-state index contributed by atoms with van der Waals surface area (Å²) in [5.74, 6) is 0.248. The Morgan fingerprint density at radius 1 is 1.25 bits per heavy atom. The largest absolute Gasteiger partial charge is 0.411 e. The molecule has 0 saturated carbocycles. The summed E-state index contributed by atoms with van der Waals surface area (Å²) in [5, 5.41) is 12.0. The van der Waals surface area contributed by atoms with Gasteiger partial charge in [-0.15, -0.1) is 0 Å². The van der Waals surface area contributed by atoms with Crippen LogP contribution in [0.1, 0.15) is 19.4 Å². The Balaban J connectivity index is 2.97. The van der Waals surface area contributed by atoms with Crippen molar-refractivity contribution in [3.05, 3.63) is 35.9 Å². The normalized spacial score (nSPS) is 12.1. The van der Waals surface area contributed by atoms with Crippen LogP contribution in [0.5, 0.6) is 0 Å². The van der Waals surface area contributed by atoms with Crippen LogP contribution >= 0.6 is 0 Å². The van der Waals surface area contributed by atoms with Crippen molar-refractivity contribution < 1.29 is 5.21 Å². The highest BCUT2D eigenvalue weighted by Gasteiger charge is 2.07. The monoisotopic (exact) mass is 163 g/mol. The highest BCUT2D eigenvalue weighted by atomic mass is 16.4. The summed E-state index contributed by atoms with van der Waals surface area (Å²) in [4.78, 5) is 0. The number of rotatable bonds is 2. The maximum atomic E-state index is 8.74. The summed E-state index contributed by atoms with van der Waals surface area (Å²) >= 11 is 0. The zero-order valence-electron chi connectivity index (χ0n) is 7.36.